The second-order valence-electron chi connectivity index (χ2n) is 7.01. The number of hydrogen-bond acceptors (Lipinski definition) is 5. The van der Waals surface area contributed by atoms with Crippen molar-refractivity contribution in [3.05, 3.63) is 50.9 Å². The van der Waals surface area contributed by atoms with E-state index in [4.69, 9.17) is 12.2 Å². The van der Waals surface area contributed by atoms with Crippen LogP contribution in [0.4, 0.5) is 10.3 Å². The van der Waals surface area contributed by atoms with Crippen LogP contribution in [0.2, 0.25) is 0 Å². The highest BCUT2D eigenvalue weighted by atomic mass is 32.1. The number of aromatic amines is 1. The normalized spacial score (nSPS) is 15.4. The lowest BCUT2D eigenvalue weighted by molar-refractivity contribution is 0.434. The molecular formula is C19H20FN5OS. The molecule has 140 valence electrons. The number of benzene rings is 1. The van der Waals surface area contributed by atoms with Gasteiger partial charge in [0.05, 0.1) is 5.69 Å². The van der Waals surface area contributed by atoms with Crippen LogP contribution in [0.5, 0.6) is 0 Å². The minimum atomic E-state index is -0.429. The van der Waals surface area contributed by atoms with Crippen LogP contribution in [-0.2, 0) is 0 Å². The Hall–Kier alpha value is -2.61. The minimum Gasteiger partial charge on any atom is -0.342 e. The monoisotopic (exact) mass is 385 g/mol. The molecule has 3 aromatic rings. The van der Waals surface area contributed by atoms with Gasteiger partial charge in [0.1, 0.15) is 21.7 Å². The maximum absolute atomic E-state index is 14.3. The quantitative estimate of drug-likeness (QED) is 0.684. The zero-order chi connectivity index (χ0) is 19.1. The third kappa shape index (κ3) is 3.14. The van der Waals surface area contributed by atoms with Gasteiger partial charge in [-0.1, -0.05) is 31.3 Å². The van der Waals surface area contributed by atoms with Gasteiger partial charge in [-0.15, -0.1) is 0 Å². The Bertz CT molecular complexity index is 1130. The van der Waals surface area contributed by atoms with Crippen molar-refractivity contribution in [1.82, 2.24) is 19.5 Å². The van der Waals surface area contributed by atoms with Crippen molar-refractivity contribution in [3.63, 3.8) is 0 Å². The summed E-state index contributed by atoms with van der Waals surface area (Å²) in [5, 5.41) is 0.202. The van der Waals surface area contributed by atoms with Gasteiger partial charge in [-0.25, -0.2) is 9.37 Å². The van der Waals surface area contributed by atoms with Crippen LogP contribution in [0.15, 0.2) is 29.1 Å². The highest BCUT2D eigenvalue weighted by molar-refractivity contribution is 7.71. The number of aromatic nitrogens is 4. The van der Waals surface area contributed by atoms with Gasteiger partial charge in [-0.2, -0.15) is 4.98 Å². The van der Waals surface area contributed by atoms with Crippen molar-refractivity contribution in [2.75, 3.05) is 18.0 Å². The smallest absolute Gasteiger partial charge is 0.264 e. The maximum atomic E-state index is 14.3. The van der Waals surface area contributed by atoms with Crippen molar-refractivity contribution in [1.29, 1.82) is 0 Å². The van der Waals surface area contributed by atoms with Gasteiger partial charge in [0.15, 0.2) is 5.65 Å². The number of H-pyrrole nitrogens is 1. The summed E-state index contributed by atoms with van der Waals surface area (Å²) in [5.74, 6) is 1.24. The highest BCUT2D eigenvalue weighted by Gasteiger charge is 2.20. The molecule has 27 heavy (non-hydrogen) atoms. The predicted molar refractivity (Wildman–Crippen MR) is 106 cm³/mol. The number of aryl methyl sites for hydroxylation is 1. The molecule has 6 nitrogen and oxygen atoms in total. The SMILES string of the molecule is Cc1nc2nc(N3CCC(C)CC3)[nH]c(=O)c2c(=S)n1-c1ccccc1F. The minimum absolute atomic E-state index is 0.202. The first kappa shape index (κ1) is 17.8. The fourth-order valence-electron chi connectivity index (χ4n) is 3.47. The van der Waals surface area contributed by atoms with Crippen molar-refractivity contribution in [2.45, 2.75) is 26.7 Å². The molecule has 1 aliphatic rings. The van der Waals surface area contributed by atoms with Gasteiger partial charge in [0.2, 0.25) is 5.95 Å². The molecule has 0 atom stereocenters. The van der Waals surface area contributed by atoms with E-state index in [0.29, 0.717) is 23.3 Å². The summed E-state index contributed by atoms with van der Waals surface area (Å²) in [6.45, 7) is 5.64. The number of anilines is 1. The predicted octanol–water partition coefficient (Wildman–Crippen LogP) is 3.52. The molecule has 0 radical (unpaired) electrons. The average molecular weight is 385 g/mol. The van der Waals surface area contributed by atoms with E-state index in [9.17, 15) is 9.18 Å². The molecule has 2 aromatic heterocycles. The number of hydrogen-bond donors (Lipinski definition) is 1. The Labute approximate surface area is 160 Å². The number of nitrogens with one attached hydrogen (secondary N) is 1. The van der Waals surface area contributed by atoms with Crippen LogP contribution < -0.4 is 10.5 Å². The van der Waals surface area contributed by atoms with Crippen molar-refractivity contribution >= 4 is 29.2 Å². The van der Waals surface area contributed by atoms with Gasteiger partial charge >= 0.3 is 0 Å². The first-order chi connectivity index (χ1) is 13.0. The molecule has 0 aliphatic carbocycles. The molecule has 4 rings (SSSR count). The summed E-state index contributed by atoms with van der Waals surface area (Å²) >= 11 is 5.51. The second kappa shape index (κ2) is 6.84. The third-order valence-corrected chi connectivity index (χ3v) is 5.46. The Morgan fingerprint density at radius 1 is 1.22 bits per heavy atom. The molecule has 0 spiro atoms. The van der Waals surface area contributed by atoms with Crippen molar-refractivity contribution < 1.29 is 4.39 Å². The van der Waals surface area contributed by atoms with E-state index in [1.165, 1.54) is 10.6 Å². The Morgan fingerprint density at radius 2 is 1.93 bits per heavy atom. The lowest BCUT2D eigenvalue weighted by Crippen LogP contribution is -2.35. The van der Waals surface area contributed by atoms with E-state index in [-0.39, 0.29) is 21.3 Å². The molecule has 1 aromatic carbocycles. The molecule has 1 fully saturated rings. The molecule has 1 saturated heterocycles. The van der Waals surface area contributed by atoms with Gasteiger partial charge < -0.3 is 4.90 Å². The molecular weight excluding hydrogens is 365 g/mol. The lowest BCUT2D eigenvalue weighted by Gasteiger charge is -2.30. The molecule has 0 bridgehead atoms. The lowest BCUT2D eigenvalue weighted by atomic mass is 10.00. The van der Waals surface area contributed by atoms with E-state index >= 15 is 0 Å². The van der Waals surface area contributed by atoms with Gasteiger partial charge in [0, 0.05) is 13.1 Å². The highest BCUT2D eigenvalue weighted by Crippen LogP contribution is 2.22. The van der Waals surface area contributed by atoms with Crippen LogP contribution in [0.1, 0.15) is 25.6 Å². The molecule has 1 aliphatic heterocycles. The van der Waals surface area contributed by atoms with E-state index in [1.54, 1.807) is 25.1 Å². The Morgan fingerprint density at radius 3 is 2.63 bits per heavy atom. The van der Waals surface area contributed by atoms with E-state index in [2.05, 4.69) is 26.8 Å². The fourth-order valence-corrected chi connectivity index (χ4v) is 3.89. The molecule has 0 saturated carbocycles. The van der Waals surface area contributed by atoms with Crippen LogP contribution in [0.25, 0.3) is 16.7 Å². The van der Waals surface area contributed by atoms with Crippen LogP contribution >= 0.6 is 12.2 Å². The standard InChI is InChI=1S/C19H20FN5OS/c1-11-7-9-24(10-8-11)19-22-16-15(17(26)23-19)18(27)25(12(2)21-16)14-6-4-3-5-13(14)20/h3-6,11H,7-10H2,1-2H3,(H,22,23,26). The summed E-state index contributed by atoms with van der Waals surface area (Å²) in [4.78, 5) is 26.7. The van der Waals surface area contributed by atoms with Crippen LogP contribution in [0, 0.1) is 23.3 Å². The largest absolute Gasteiger partial charge is 0.342 e. The number of nitrogens with zero attached hydrogens (tertiary/aromatic N) is 4. The summed E-state index contributed by atoms with van der Waals surface area (Å²) in [6, 6.07) is 6.28. The zero-order valence-corrected chi connectivity index (χ0v) is 16.0. The van der Waals surface area contributed by atoms with Crippen molar-refractivity contribution in [3.8, 4) is 5.69 Å². The number of rotatable bonds is 2. The van der Waals surface area contributed by atoms with Gasteiger partial charge in [-0.05, 0) is 37.8 Å². The maximum Gasteiger partial charge on any atom is 0.264 e. The van der Waals surface area contributed by atoms with Crippen LogP contribution in [-0.4, -0.2) is 32.6 Å². The fraction of sp³-hybridized carbons (Fsp3) is 0.368. The third-order valence-electron chi connectivity index (χ3n) is 5.07. The number of piperidine rings is 1. The van der Waals surface area contributed by atoms with E-state index in [0.717, 1.165) is 25.9 Å². The summed E-state index contributed by atoms with van der Waals surface area (Å²) < 4.78 is 16.0. The van der Waals surface area contributed by atoms with Gasteiger partial charge in [0.25, 0.3) is 5.56 Å². The summed E-state index contributed by atoms with van der Waals surface area (Å²) in [7, 11) is 0. The molecule has 8 heteroatoms. The Balaban J connectivity index is 1.89. The topological polar surface area (TPSA) is 66.8 Å². The van der Waals surface area contributed by atoms with Gasteiger partial charge in [-0.3, -0.25) is 14.3 Å². The average Bonchev–Trinajstić information content (AvgIpc) is 2.63. The number of fused-ring (bicyclic) bond motifs is 1. The van der Waals surface area contributed by atoms with E-state index < -0.39 is 5.82 Å². The molecule has 3 heterocycles. The number of halogens is 1. The first-order valence-electron chi connectivity index (χ1n) is 8.99. The molecule has 0 amide bonds. The zero-order valence-electron chi connectivity index (χ0n) is 15.2. The van der Waals surface area contributed by atoms with Crippen molar-refractivity contribution in [2.24, 2.45) is 5.92 Å². The number of para-hydroxylation sites is 1. The first-order valence-corrected chi connectivity index (χ1v) is 9.40. The Kier molecular flexibility index (Phi) is 4.51. The molecule has 1 N–H and O–H groups in total. The van der Waals surface area contributed by atoms with E-state index in [1.807, 2.05) is 0 Å². The molecule has 0 unspecified atom stereocenters. The van der Waals surface area contributed by atoms with Crippen LogP contribution in [0.3, 0.4) is 0 Å². The summed E-state index contributed by atoms with van der Waals surface area (Å²) in [6.07, 6.45) is 2.12. The summed E-state index contributed by atoms with van der Waals surface area (Å²) in [5.41, 5.74) is 0.210. The second-order valence-corrected chi connectivity index (χ2v) is 7.40.